The van der Waals surface area contributed by atoms with Crippen LogP contribution >= 0.6 is 0 Å². The zero-order valence-electron chi connectivity index (χ0n) is 12.0. The molecule has 3 rings (SSSR count). The molecular formula is C14H17N3O4. The summed E-state index contributed by atoms with van der Waals surface area (Å²) in [6, 6.07) is 3.00. The highest BCUT2D eigenvalue weighted by atomic mass is 16.3. The van der Waals surface area contributed by atoms with Crippen molar-refractivity contribution >= 4 is 17.8 Å². The van der Waals surface area contributed by atoms with Crippen LogP contribution in [0.3, 0.4) is 0 Å². The lowest BCUT2D eigenvalue weighted by Crippen LogP contribution is -2.56. The minimum atomic E-state index is -0.800. The lowest BCUT2D eigenvalue weighted by molar-refractivity contribution is -0.134. The van der Waals surface area contributed by atoms with Crippen LogP contribution in [0.4, 0.5) is 4.79 Å². The zero-order valence-corrected chi connectivity index (χ0v) is 12.0. The predicted octanol–water partition coefficient (Wildman–Crippen LogP) is 0.778. The molecule has 0 atom stereocenters. The lowest BCUT2D eigenvalue weighted by Gasteiger charge is -2.40. The third kappa shape index (κ3) is 1.84. The number of piperidine rings is 1. The first-order chi connectivity index (χ1) is 9.97. The quantitative estimate of drug-likeness (QED) is 0.717. The number of urea groups is 1. The van der Waals surface area contributed by atoms with Crippen LogP contribution in [0.2, 0.25) is 0 Å². The highest BCUT2D eigenvalue weighted by Crippen LogP contribution is 2.35. The van der Waals surface area contributed by atoms with Gasteiger partial charge in [-0.15, -0.1) is 0 Å². The number of furan rings is 1. The van der Waals surface area contributed by atoms with Crippen molar-refractivity contribution in [3.05, 3.63) is 24.2 Å². The number of amides is 4. The van der Waals surface area contributed by atoms with E-state index in [4.69, 9.17) is 4.42 Å². The third-order valence-electron chi connectivity index (χ3n) is 4.53. The molecule has 0 aliphatic carbocycles. The average Bonchev–Trinajstić information content (AvgIpc) is 3.09. The fourth-order valence-electron chi connectivity index (χ4n) is 3.14. The molecule has 2 fully saturated rings. The smallest absolute Gasteiger partial charge is 0.327 e. The summed E-state index contributed by atoms with van der Waals surface area (Å²) >= 11 is 0. The number of likely N-dealkylation sites (N-methyl/N-ethyl adjacent to an activating group) is 2. The summed E-state index contributed by atoms with van der Waals surface area (Å²) in [7, 11) is 3.14. The number of nitrogens with zero attached hydrogens (tertiary/aromatic N) is 3. The predicted molar refractivity (Wildman–Crippen MR) is 72.5 cm³/mol. The van der Waals surface area contributed by atoms with Gasteiger partial charge < -0.3 is 14.2 Å². The van der Waals surface area contributed by atoms with E-state index in [0.717, 1.165) is 4.90 Å². The van der Waals surface area contributed by atoms with Crippen LogP contribution in [0.15, 0.2) is 22.8 Å². The maximum Gasteiger partial charge on any atom is 0.327 e. The van der Waals surface area contributed by atoms with Gasteiger partial charge in [0, 0.05) is 27.2 Å². The van der Waals surface area contributed by atoms with E-state index in [1.54, 1.807) is 24.1 Å². The Morgan fingerprint density at radius 3 is 2.38 bits per heavy atom. The number of hydrogen-bond acceptors (Lipinski definition) is 4. The van der Waals surface area contributed by atoms with Crippen molar-refractivity contribution in [1.29, 1.82) is 0 Å². The molecule has 7 heteroatoms. The third-order valence-corrected chi connectivity index (χ3v) is 4.53. The van der Waals surface area contributed by atoms with E-state index in [2.05, 4.69) is 0 Å². The number of carbonyl (C=O) groups is 3. The molecule has 2 saturated heterocycles. The molecule has 1 spiro atoms. The molecule has 0 saturated carbocycles. The second-order valence-corrected chi connectivity index (χ2v) is 5.51. The number of likely N-dealkylation sites (tertiary alicyclic amines) is 1. The highest BCUT2D eigenvalue weighted by Gasteiger charge is 2.55. The van der Waals surface area contributed by atoms with Crippen molar-refractivity contribution in [3.63, 3.8) is 0 Å². The molecular weight excluding hydrogens is 274 g/mol. The molecule has 2 aliphatic rings. The van der Waals surface area contributed by atoms with Crippen molar-refractivity contribution in [2.45, 2.75) is 18.4 Å². The van der Waals surface area contributed by atoms with Crippen molar-refractivity contribution in [2.75, 3.05) is 27.2 Å². The summed E-state index contributed by atoms with van der Waals surface area (Å²) in [6.07, 6.45) is 2.36. The van der Waals surface area contributed by atoms with E-state index in [0.29, 0.717) is 31.7 Å². The van der Waals surface area contributed by atoms with E-state index < -0.39 is 5.54 Å². The van der Waals surface area contributed by atoms with E-state index in [1.165, 1.54) is 18.2 Å². The number of hydrogen-bond donors (Lipinski definition) is 0. The minimum absolute atomic E-state index is 0.178. The normalized spacial score (nSPS) is 21.5. The molecule has 3 heterocycles. The van der Waals surface area contributed by atoms with Gasteiger partial charge in [-0.2, -0.15) is 0 Å². The second kappa shape index (κ2) is 4.61. The summed E-state index contributed by atoms with van der Waals surface area (Å²) in [5, 5.41) is 0. The van der Waals surface area contributed by atoms with Crippen LogP contribution in [0.25, 0.3) is 0 Å². The Kier molecular flexibility index (Phi) is 3.00. The molecule has 112 valence electrons. The van der Waals surface area contributed by atoms with Gasteiger partial charge in [-0.3, -0.25) is 14.5 Å². The fraction of sp³-hybridized carbons (Fsp3) is 0.500. The molecule has 0 aromatic carbocycles. The Balaban J connectivity index is 1.75. The topological polar surface area (TPSA) is 74.1 Å². The van der Waals surface area contributed by atoms with Crippen molar-refractivity contribution in [1.82, 2.24) is 14.7 Å². The lowest BCUT2D eigenvalue weighted by atomic mass is 9.86. The zero-order chi connectivity index (χ0) is 15.2. The monoisotopic (exact) mass is 291 g/mol. The van der Waals surface area contributed by atoms with Gasteiger partial charge in [0.15, 0.2) is 5.76 Å². The summed E-state index contributed by atoms with van der Waals surface area (Å²) in [5.74, 6) is -0.0621. The van der Waals surface area contributed by atoms with Crippen LogP contribution in [-0.4, -0.2) is 65.3 Å². The molecule has 0 bridgehead atoms. The van der Waals surface area contributed by atoms with Gasteiger partial charge in [0.1, 0.15) is 5.54 Å². The van der Waals surface area contributed by atoms with Crippen molar-refractivity contribution in [3.8, 4) is 0 Å². The SMILES string of the molecule is CN1C(=O)N(C)C2(CCN(C(=O)c3ccco3)CC2)C1=O. The molecule has 7 nitrogen and oxygen atoms in total. The molecule has 0 unspecified atom stereocenters. The summed E-state index contributed by atoms with van der Waals surface area (Å²) < 4.78 is 5.11. The van der Waals surface area contributed by atoms with Crippen molar-refractivity contribution in [2.24, 2.45) is 0 Å². The van der Waals surface area contributed by atoms with Gasteiger partial charge >= 0.3 is 6.03 Å². The molecule has 4 amide bonds. The van der Waals surface area contributed by atoms with Crippen molar-refractivity contribution < 1.29 is 18.8 Å². The van der Waals surface area contributed by atoms with Gasteiger partial charge in [-0.05, 0) is 25.0 Å². The van der Waals surface area contributed by atoms with E-state index in [1.807, 2.05) is 0 Å². The fourth-order valence-corrected chi connectivity index (χ4v) is 3.14. The largest absolute Gasteiger partial charge is 0.459 e. The van der Waals surface area contributed by atoms with Gasteiger partial charge in [-0.1, -0.05) is 0 Å². The Hall–Kier alpha value is -2.31. The molecule has 2 aliphatic heterocycles. The van der Waals surface area contributed by atoms with Gasteiger partial charge in [0.05, 0.1) is 6.26 Å². The number of carbonyl (C=O) groups excluding carboxylic acids is 3. The summed E-state index contributed by atoms with van der Waals surface area (Å²) in [6.45, 7) is 0.855. The average molecular weight is 291 g/mol. The Morgan fingerprint density at radius 1 is 1.24 bits per heavy atom. The first kappa shape index (κ1) is 13.7. The Labute approximate surface area is 122 Å². The van der Waals surface area contributed by atoms with Gasteiger partial charge in [-0.25, -0.2) is 4.79 Å². The van der Waals surface area contributed by atoms with Gasteiger partial charge in [0.2, 0.25) is 0 Å². The van der Waals surface area contributed by atoms with Crippen LogP contribution in [0.5, 0.6) is 0 Å². The second-order valence-electron chi connectivity index (χ2n) is 5.51. The van der Waals surface area contributed by atoms with Crippen LogP contribution in [-0.2, 0) is 4.79 Å². The van der Waals surface area contributed by atoms with Crippen LogP contribution in [0.1, 0.15) is 23.4 Å². The number of imide groups is 1. The Bertz CT molecular complexity index is 587. The number of rotatable bonds is 1. The van der Waals surface area contributed by atoms with Crippen LogP contribution < -0.4 is 0 Å². The minimum Gasteiger partial charge on any atom is -0.459 e. The molecule has 0 radical (unpaired) electrons. The molecule has 0 N–H and O–H groups in total. The van der Waals surface area contributed by atoms with E-state index >= 15 is 0 Å². The maximum atomic E-state index is 12.3. The summed E-state index contributed by atoms with van der Waals surface area (Å²) in [4.78, 5) is 40.8. The highest BCUT2D eigenvalue weighted by molar-refractivity contribution is 6.06. The molecule has 1 aromatic rings. The van der Waals surface area contributed by atoms with E-state index in [9.17, 15) is 14.4 Å². The first-order valence-corrected chi connectivity index (χ1v) is 6.86. The molecule has 1 aromatic heterocycles. The van der Waals surface area contributed by atoms with E-state index in [-0.39, 0.29) is 17.8 Å². The Morgan fingerprint density at radius 2 is 1.90 bits per heavy atom. The maximum absolute atomic E-state index is 12.3. The standard InChI is InChI=1S/C14H17N3O4/c1-15-12(19)14(16(2)13(15)20)5-7-17(8-6-14)11(18)10-4-3-9-21-10/h3-4,9H,5-8H2,1-2H3. The van der Waals surface area contributed by atoms with Gasteiger partial charge in [0.25, 0.3) is 11.8 Å². The first-order valence-electron chi connectivity index (χ1n) is 6.86. The summed E-state index contributed by atoms with van der Waals surface area (Å²) in [5.41, 5.74) is -0.800. The molecule has 21 heavy (non-hydrogen) atoms. The van der Waals surface area contributed by atoms with Crippen LogP contribution in [0, 0.1) is 0 Å².